The quantitative estimate of drug-likeness (QED) is 0.584. The van der Waals surface area contributed by atoms with E-state index < -0.39 is 0 Å². The van der Waals surface area contributed by atoms with Crippen LogP contribution in [0.1, 0.15) is 26.2 Å². The zero-order valence-corrected chi connectivity index (χ0v) is 8.01. The predicted molar refractivity (Wildman–Crippen MR) is 50.9 cm³/mol. The molecule has 2 rings (SSSR count). The number of hydrogen-bond acceptors (Lipinski definition) is 2. The minimum Gasteiger partial charge on any atom is -0.374 e. The van der Waals surface area contributed by atoms with Gasteiger partial charge in [-0.05, 0) is 32.7 Å². The van der Waals surface area contributed by atoms with Gasteiger partial charge < -0.3 is 10.2 Å². The number of fused-ring (bicyclic) bond motifs is 1. The number of likely N-dealkylation sites (tertiary alicyclic amines) is 1. The lowest BCUT2D eigenvalue weighted by Crippen LogP contribution is -2.47. The van der Waals surface area contributed by atoms with Gasteiger partial charge in [-0.2, -0.15) is 0 Å². The van der Waals surface area contributed by atoms with E-state index >= 15 is 0 Å². The average molecular weight is 166 g/mol. The van der Waals surface area contributed by atoms with Crippen LogP contribution < -0.4 is 5.32 Å². The molecule has 2 aliphatic rings. The SMILES string of the molecule is CC1CCC2NCCC=C2N1C. The Morgan fingerprint density at radius 3 is 3.17 bits per heavy atom. The Hall–Kier alpha value is -0.500. The summed E-state index contributed by atoms with van der Waals surface area (Å²) in [5.74, 6) is 0. The largest absolute Gasteiger partial charge is 0.374 e. The first-order valence-electron chi connectivity index (χ1n) is 4.95. The van der Waals surface area contributed by atoms with Gasteiger partial charge in [-0.3, -0.25) is 0 Å². The topological polar surface area (TPSA) is 15.3 Å². The molecule has 12 heavy (non-hydrogen) atoms. The molecule has 0 aliphatic carbocycles. The van der Waals surface area contributed by atoms with Crippen LogP contribution in [0.4, 0.5) is 0 Å². The second-order valence-electron chi connectivity index (χ2n) is 3.96. The molecule has 1 saturated heterocycles. The van der Waals surface area contributed by atoms with Crippen LogP contribution in [0.25, 0.3) is 0 Å². The zero-order valence-electron chi connectivity index (χ0n) is 8.01. The van der Waals surface area contributed by atoms with Crippen LogP contribution >= 0.6 is 0 Å². The third-order valence-corrected chi connectivity index (χ3v) is 3.19. The summed E-state index contributed by atoms with van der Waals surface area (Å²) < 4.78 is 0. The summed E-state index contributed by atoms with van der Waals surface area (Å²) >= 11 is 0. The lowest BCUT2D eigenvalue weighted by atomic mass is 9.94. The van der Waals surface area contributed by atoms with Crippen LogP contribution in [-0.2, 0) is 0 Å². The summed E-state index contributed by atoms with van der Waals surface area (Å²) in [4.78, 5) is 2.43. The van der Waals surface area contributed by atoms with E-state index in [4.69, 9.17) is 0 Å². The summed E-state index contributed by atoms with van der Waals surface area (Å²) in [5.41, 5.74) is 1.53. The van der Waals surface area contributed by atoms with Gasteiger partial charge in [0.2, 0.25) is 0 Å². The van der Waals surface area contributed by atoms with Crippen molar-refractivity contribution < 1.29 is 0 Å². The number of nitrogens with zero attached hydrogens (tertiary/aromatic N) is 1. The maximum Gasteiger partial charge on any atom is 0.0469 e. The molecule has 2 aliphatic heterocycles. The summed E-state index contributed by atoms with van der Waals surface area (Å²) in [5, 5.41) is 3.56. The van der Waals surface area contributed by atoms with Crippen molar-refractivity contribution in [1.82, 2.24) is 10.2 Å². The molecular weight excluding hydrogens is 148 g/mol. The Morgan fingerprint density at radius 2 is 2.33 bits per heavy atom. The van der Waals surface area contributed by atoms with Crippen molar-refractivity contribution in [3.8, 4) is 0 Å². The van der Waals surface area contributed by atoms with Crippen LogP contribution in [0.2, 0.25) is 0 Å². The summed E-state index contributed by atoms with van der Waals surface area (Å²) in [7, 11) is 2.22. The first-order valence-corrected chi connectivity index (χ1v) is 4.95. The second-order valence-corrected chi connectivity index (χ2v) is 3.96. The van der Waals surface area contributed by atoms with Crippen molar-refractivity contribution in [3.63, 3.8) is 0 Å². The lowest BCUT2D eigenvalue weighted by molar-refractivity contribution is 0.216. The van der Waals surface area contributed by atoms with Gasteiger partial charge in [0.15, 0.2) is 0 Å². The molecule has 0 radical (unpaired) electrons. The molecule has 0 aromatic heterocycles. The summed E-state index contributed by atoms with van der Waals surface area (Å²) in [6, 6.07) is 1.38. The molecule has 2 heterocycles. The molecule has 0 aromatic rings. The Kier molecular flexibility index (Phi) is 2.09. The van der Waals surface area contributed by atoms with E-state index in [1.54, 1.807) is 0 Å². The minimum absolute atomic E-state index is 0.653. The van der Waals surface area contributed by atoms with Gasteiger partial charge in [0.25, 0.3) is 0 Å². The fourth-order valence-electron chi connectivity index (χ4n) is 2.22. The van der Waals surface area contributed by atoms with E-state index in [2.05, 4.69) is 30.3 Å². The summed E-state index contributed by atoms with van der Waals surface area (Å²) in [6.07, 6.45) is 6.24. The smallest absolute Gasteiger partial charge is 0.0469 e. The Bertz CT molecular complexity index is 198. The van der Waals surface area contributed by atoms with Crippen molar-refractivity contribution in [2.45, 2.75) is 38.3 Å². The zero-order chi connectivity index (χ0) is 8.55. The van der Waals surface area contributed by atoms with Crippen LogP contribution in [0.15, 0.2) is 11.8 Å². The van der Waals surface area contributed by atoms with Crippen LogP contribution in [-0.4, -0.2) is 30.6 Å². The normalized spacial score (nSPS) is 35.8. The fraction of sp³-hybridized carbons (Fsp3) is 0.800. The van der Waals surface area contributed by atoms with E-state index in [0.29, 0.717) is 6.04 Å². The molecule has 1 N–H and O–H groups in total. The van der Waals surface area contributed by atoms with E-state index in [1.807, 2.05) is 0 Å². The van der Waals surface area contributed by atoms with Crippen LogP contribution in [0.5, 0.6) is 0 Å². The molecule has 0 saturated carbocycles. The van der Waals surface area contributed by atoms with Gasteiger partial charge >= 0.3 is 0 Å². The van der Waals surface area contributed by atoms with Crippen LogP contribution in [0, 0.1) is 0 Å². The standard InChI is InChI=1S/C10H18N2/c1-8-5-6-9-10(12(8)2)4-3-7-11-9/h4,8-9,11H,3,5-7H2,1-2H3. The number of nitrogens with one attached hydrogen (secondary N) is 1. The molecule has 1 fully saturated rings. The Labute approximate surface area is 74.6 Å². The van der Waals surface area contributed by atoms with Gasteiger partial charge in [-0.25, -0.2) is 0 Å². The maximum absolute atomic E-state index is 3.56. The van der Waals surface area contributed by atoms with E-state index in [1.165, 1.54) is 25.0 Å². The van der Waals surface area contributed by atoms with Gasteiger partial charge in [0, 0.05) is 24.8 Å². The first-order chi connectivity index (χ1) is 5.79. The molecule has 2 heteroatoms. The molecule has 0 amide bonds. The van der Waals surface area contributed by atoms with Crippen molar-refractivity contribution >= 4 is 0 Å². The molecular formula is C10H18N2. The van der Waals surface area contributed by atoms with Crippen molar-refractivity contribution in [2.24, 2.45) is 0 Å². The average Bonchev–Trinajstić information content (AvgIpc) is 2.12. The highest BCUT2D eigenvalue weighted by Gasteiger charge is 2.27. The molecule has 68 valence electrons. The van der Waals surface area contributed by atoms with Crippen molar-refractivity contribution in [2.75, 3.05) is 13.6 Å². The Balaban J connectivity index is 2.16. The number of likely N-dealkylation sites (N-methyl/N-ethyl adjacent to an activating group) is 1. The molecule has 2 nitrogen and oxygen atoms in total. The molecule has 2 atom stereocenters. The third-order valence-electron chi connectivity index (χ3n) is 3.19. The highest BCUT2D eigenvalue weighted by atomic mass is 15.2. The van der Waals surface area contributed by atoms with E-state index in [0.717, 1.165) is 12.6 Å². The third kappa shape index (κ3) is 1.24. The van der Waals surface area contributed by atoms with E-state index in [9.17, 15) is 0 Å². The number of rotatable bonds is 0. The van der Waals surface area contributed by atoms with Crippen LogP contribution in [0.3, 0.4) is 0 Å². The van der Waals surface area contributed by atoms with Gasteiger partial charge in [0.05, 0.1) is 0 Å². The minimum atomic E-state index is 0.653. The van der Waals surface area contributed by atoms with Gasteiger partial charge in [-0.15, -0.1) is 0 Å². The highest BCUT2D eigenvalue weighted by Crippen LogP contribution is 2.26. The predicted octanol–water partition coefficient (Wildman–Crippen LogP) is 1.35. The monoisotopic (exact) mass is 166 g/mol. The van der Waals surface area contributed by atoms with Crippen molar-refractivity contribution in [1.29, 1.82) is 0 Å². The molecule has 2 unspecified atom stereocenters. The van der Waals surface area contributed by atoms with E-state index in [-0.39, 0.29) is 0 Å². The number of hydrogen-bond donors (Lipinski definition) is 1. The summed E-state index contributed by atoms with van der Waals surface area (Å²) in [6.45, 7) is 3.47. The van der Waals surface area contributed by atoms with Gasteiger partial charge in [0.1, 0.15) is 0 Å². The van der Waals surface area contributed by atoms with Crippen molar-refractivity contribution in [3.05, 3.63) is 11.8 Å². The fourth-order valence-corrected chi connectivity index (χ4v) is 2.22. The highest BCUT2D eigenvalue weighted by molar-refractivity contribution is 5.16. The number of piperidine rings is 1. The molecule has 0 bridgehead atoms. The molecule has 0 spiro atoms. The lowest BCUT2D eigenvalue weighted by Gasteiger charge is -2.41. The second kappa shape index (κ2) is 3.09. The Morgan fingerprint density at radius 1 is 1.50 bits per heavy atom. The maximum atomic E-state index is 3.56. The molecule has 0 aromatic carbocycles. The van der Waals surface area contributed by atoms with Gasteiger partial charge in [-0.1, -0.05) is 6.08 Å². The first kappa shape index (κ1) is 8.11.